The number of esters is 1. The SMILES string of the molecule is CCOC(=O)C[C@H]1[C@H]2[C@@H]3N(C)CC[C@]34C(=[N+]([O-])c3ccccc34)[C@@H]1CO[C@@H]2C. The van der Waals surface area contributed by atoms with Crippen LogP contribution in [0.15, 0.2) is 24.3 Å². The summed E-state index contributed by atoms with van der Waals surface area (Å²) in [5, 5.41) is 13.5. The second-order valence-electron chi connectivity index (χ2n) is 8.74. The molecule has 6 atom stereocenters. The Balaban J connectivity index is 1.69. The van der Waals surface area contributed by atoms with Gasteiger partial charge >= 0.3 is 5.97 Å². The molecule has 1 aliphatic carbocycles. The average molecular weight is 384 g/mol. The fraction of sp³-hybridized carbons (Fsp3) is 0.636. The second-order valence-corrected chi connectivity index (χ2v) is 8.74. The van der Waals surface area contributed by atoms with E-state index < -0.39 is 0 Å². The highest BCUT2D eigenvalue weighted by atomic mass is 16.5. The van der Waals surface area contributed by atoms with Crippen LogP contribution in [0.4, 0.5) is 5.69 Å². The smallest absolute Gasteiger partial charge is 0.306 e. The van der Waals surface area contributed by atoms with Crippen molar-refractivity contribution in [2.24, 2.45) is 17.8 Å². The number of carbonyl (C=O) groups is 1. The van der Waals surface area contributed by atoms with Crippen molar-refractivity contribution in [1.29, 1.82) is 0 Å². The minimum Gasteiger partial charge on any atom is -0.618 e. The number of likely N-dealkylation sites (tertiary alicyclic amines) is 1. The summed E-state index contributed by atoms with van der Waals surface area (Å²) >= 11 is 0. The van der Waals surface area contributed by atoms with E-state index in [1.54, 1.807) is 0 Å². The number of ether oxygens (including phenoxy) is 2. The van der Waals surface area contributed by atoms with Crippen molar-refractivity contribution in [1.82, 2.24) is 4.90 Å². The van der Waals surface area contributed by atoms with Gasteiger partial charge in [-0.1, -0.05) is 18.2 Å². The summed E-state index contributed by atoms with van der Waals surface area (Å²) in [6.45, 7) is 5.79. The quantitative estimate of drug-likeness (QED) is 0.455. The first-order chi connectivity index (χ1) is 13.5. The number of nitrogens with zero attached hydrogens (tertiary/aromatic N) is 2. The molecule has 6 heteroatoms. The van der Waals surface area contributed by atoms with Crippen LogP contribution in [0.5, 0.6) is 0 Å². The lowest BCUT2D eigenvalue weighted by Crippen LogP contribution is -2.66. The van der Waals surface area contributed by atoms with Crippen LogP contribution >= 0.6 is 0 Å². The first kappa shape index (κ1) is 18.1. The maximum Gasteiger partial charge on any atom is 0.306 e. The van der Waals surface area contributed by atoms with E-state index >= 15 is 0 Å². The topological polar surface area (TPSA) is 64.8 Å². The van der Waals surface area contributed by atoms with Crippen LogP contribution in [0, 0.1) is 23.0 Å². The molecule has 3 aliphatic heterocycles. The molecule has 5 rings (SSSR count). The Labute approximate surface area is 165 Å². The summed E-state index contributed by atoms with van der Waals surface area (Å²) < 4.78 is 12.6. The van der Waals surface area contributed by atoms with Crippen molar-refractivity contribution in [3.8, 4) is 0 Å². The Morgan fingerprint density at radius 2 is 2.21 bits per heavy atom. The van der Waals surface area contributed by atoms with Gasteiger partial charge in [0.2, 0.25) is 5.69 Å². The van der Waals surface area contributed by atoms with Crippen molar-refractivity contribution >= 4 is 17.4 Å². The van der Waals surface area contributed by atoms with E-state index in [2.05, 4.69) is 24.9 Å². The van der Waals surface area contributed by atoms with Gasteiger partial charge in [-0.25, -0.2) is 0 Å². The number of likely N-dealkylation sites (N-methyl/N-ethyl adjacent to an activating group) is 1. The minimum absolute atomic E-state index is 0.0433. The average Bonchev–Trinajstić information content (AvgIpc) is 3.14. The lowest BCUT2D eigenvalue weighted by molar-refractivity contribution is -0.365. The molecular formula is C22H28N2O4. The van der Waals surface area contributed by atoms with Crippen LogP contribution in [0.25, 0.3) is 0 Å². The van der Waals surface area contributed by atoms with Gasteiger partial charge in [-0.05, 0) is 39.8 Å². The lowest BCUT2D eigenvalue weighted by atomic mass is 9.52. The van der Waals surface area contributed by atoms with Crippen molar-refractivity contribution < 1.29 is 19.0 Å². The van der Waals surface area contributed by atoms with Gasteiger partial charge < -0.3 is 19.6 Å². The summed E-state index contributed by atoms with van der Waals surface area (Å²) in [4.78, 5) is 14.8. The van der Waals surface area contributed by atoms with Crippen LogP contribution in [-0.2, 0) is 19.7 Å². The molecule has 2 bridgehead atoms. The normalized spacial score (nSPS) is 38.8. The second kappa shape index (κ2) is 6.29. The molecule has 6 nitrogen and oxygen atoms in total. The van der Waals surface area contributed by atoms with E-state index in [0.29, 0.717) is 19.6 Å². The predicted molar refractivity (Wildman–Crippen MR) is 105 cm³/mol. The monoisotopic (exact) mass is 384 g/mol. The van der Waals surface area contributed by atoms with Crippen molar-refractivity contribution in [3.05, 3.63) is 35.0 Å². The molecule has 1 aromatic carbocycles. The fourth-order valence-electron chi connectivity index (χ4n) is 6.74. The molecule has 28 heavy (non-hydrogen) atoms. The number of rotatable bonds is 3. The first-order valence-electron chi connectivity index (χ1n) is 10.4. The predicted octanol–water partition coefficient (Wildman–Crippen LogP) is 2.46. The Hall–Kier alpha value is -1.92. The number of hydrogen-bond donors (Lipinski definition) is 0. The number of hydrogen-bond acceptors (Lipinski definition) is 5. The molecule has 3 heterocycles. The third-order valence-corrected chi connectivity index (χ3v) is 7.63. The zero-order valence-electron chi connectivity index (χ0n) is 16.8. The zero-order valence-corrected chi connectivity index (χ0v) is 16.8. The molecule has 150 valence electrons. The van der Waals surface area contributed by atoms with Gasteiger partial charge in [0.25, 0.3) is 0 Å². The number of carbonyl (C=O) groups excluding carboxylic acids is 1. The Morgan fingerprint density at radius 1 is 1.43 bits per heavy atom. The molecule has 0 amide bonds. The van der Waals surface area contributed by atoms with Crippen LogP contribution in [0.1, 0.15) is 32.3 Å². The van der Waals surface area contributed by atoms with E-state index in [1.807, 2.05) is 25.1 Å². The summed E-state index contributed by atoms with van der Waals surface area (Å²) in [5.41, 5.74) is 2.59. The van der Waals surface area contributed by atoms with E-state index in [-0.39, 0.29) is 41.3 Å². The van der Waals surface area contributed by atoms with Crippen LogP contribution in [0.3, 0.4) is 0 Å². The lowest BCUT2D eigenvalue weighted by Gasteiger charge is -2.54. The van der Waals surface area contributed by atoms with Gasteiger partial charge in [0.1, 0.15) is 5.41 Å². The molecule has 1 aromatic rings. The van der Waals surface area contributed by atoms with Crippen molar-refractivity contribution in [3.63, 3.8) is 0 Å². The van der Waals surface area contributed by atoms with Crippen molar-refractivity contribution in [2.75, 3.05) is 26.8 Å². The third-order valence-electron chi connectivity index (χ3n) is 7.63. The van der Waals surface area contributed by atoms with Crippen LogP contribution < -0.4 is 0 Å². The van der Waals surface area contributed by atoms with Gasteiger partial charge in [-0.15, -0.1) is 0 Å². The largest absolute Gasteiger partial charge is 0.618 e. The van der Waals surface area contributed by atoms with Crippen molar-refractivity contribution in [2.45, 2.75) is 44.2 Å². The molecular weight excluding hydrogens is 356 g/mol. The molecule has 3 fully saturated rings. The van der Waals surface area contributed by atoms with E-state index in [0.717, 1.165) is 29.9 Å². The summed E-state index contributed by atoms with van der Waals surface area (Å²) in [6.07, 6.45) is 1.35. The number of para-hydroxylation sites is 1. The van der Waals surface area contributed by atoms with Gasteiger partial charge in [-0.3, -0.25) is 4.79 Å². The molecule has 2 saturated heterocycles. The highest BCUT2D eigenvalue weighted by Gasteiger charge is 2.70. The zero-order chi connectivity index (χ0) is 19.6. The highest BCUT2D eigenvalue weighted by Crippen LogP contribution is 2.60. The molecule has 0 aromatic heterocycles. The van der Waals surface area contributed by atoms with E-state index in [1.165, 1.54) is 4.74 Å². The Kier molecular flexibility index (Phi) is 4.07. The molecule has 1 spiro atoms. The maximum absolute atomic E-state index is 13.5. The fourth-order valence-corrected chi connectivity index (χ4v) is 6.74. The van der Waals surface area contributed by atoms with Gasteiger partial charge in [0.05, 0.1) is 25.2 Å². The summed E-state index contributed by atoms with van der Waals surface area (Å²) in [6, 6.07) is 8.21. The summed E-state index contributed by atoms with van der Waals surface area (Å²) in [5.74, 6) is 0.0535. The summed E-state index contributed by atoms with van der Waals surface area (Å²) in [7, 11) is 2.15. The van der Waals surface area contributed by atoms with Gasteiger partial charge in [-0.2, -0.15) is 4.74 Å². The minimum atomic E-state index is -0.258. The highest BCUT2D eigenvalue weighted by molar-refractivity contribution is 6.00. The van der Waals surface area contributed by atoms with Crippen LogP contribution in [0.2, 0.25) is 0 Å². The number of fused-ring (bicyclic) bond motifs is 5. The standard InChI is InChI=1S/C22H28N2O4/c1-4-27-18(25)11-14-15-12-28-13(2)19(14)21-22(9-10-23(21)3)16-7-5-6-8-17(16)24(26)20(15)22/h5-8,13-15,19,21H,4,9-12H2,1-3H3/t13-,14-,15-,19+,21+,22+/m1/s1. The van der Waals surface area contributed by atoms with E-state index in [9.17, 15) is 10.0 Å². The first-order valence-corrected chi connectivity index (χ1v) is 10.4. The number of benzene rings is 1. The molecule has 0 N–H and O–H groups in total. The van der Waals surface area contributed by atoms with Gasteiger partial charge in [0, 0.05) is 30.0 Å². The molecule has 4 aliphatic rings. The van der Waals surface area contributed by atoms with Gasteiger partial charge in [0.15, 0.2) is 5.71 Å². The molecule has 1 saturated carbocycles. The Bertz CT molecular complexity index is 853. The van der Waals surface area contributed by atoms with Crippen LogP contribution in [-0.4, -0.2) is 60.3 Å². The molecule has 0 unspecified atom stereocenters. The maximum atomic E-state index is 13.5. The third kappa shape index (κ3) is 2.16. The van der Waals surface area contributed by atoms with E-state index in [4.69, 9.17) is 9.47 Å². The Morgan fingerprint density at radius 3 is 3.00 bits per heavy atom. The molecule has 0 radical (unpaired) electrons.